The van der Waals surface area contributed by atoms with Gasteiger partial charge >= 0.3 is 0 Å². The van der Waals surface area contributed by atoms with Crippen molar-refractivity contribution >= 4 is 11.6 Å². The molecule has 6 rings (SSSR count). The van der Waals surface area contributed by atoms with E-state index < -0.39 is 0 Å². The molecule has 3 aliphatic heterocycles. The molecule has 0 unspecified atom stereocenters. The first kappa shape index (κ1) is 21.0. The van der Waals surface area contributed by atoms with Crippen LogP contribution in [0.2, 0.25) is 0 Å². The van der Waals surface area contributed by atoms with Gasteiger partial charge in [-0.25, -0.2) is 0 Å². The van der Waals surface area contributed by atoms with Crippen LogP contribution >= 0.6 is 0 Å². The van der Waals surface area contributed by atoms with Gasteiger partial charge in [0.05, 0.1) is 18.7 Å². The summed E-state index contributed by atoms with van der Waals surface area (Å²) in [4.78, 5) is 27.3. The monoisotopic (exact) mass is 442 g/mol. The van der Waals surface area contributed by atoms with Crippen molar-refractivity contribution in [1.29, 1.82) is 0 Å². The molecule has 2 fully saturated rings. The van der Waals surface area contributed by atoms with E-state index in [4.69, 9.17) is 4.99 Å². The van der Waals surface area contributed by atoms with Crippen LogP contribution in [0.15, 0.2) is 35.5 Å². The Kier molecular flexibility index (Phi) is 5.53. The Morgan fingerprint density at radius 3 is 2.64 bits per heavy atom. The molecule has 5 heteroatoms. The molecule has 1 aromatic carbocycles. The summed E-state index contributed by atoms with van der Waals surface area (Å²) >= 11 is 0. The number of nitrogens with zero attached hydrogens (tertiary/aromatic N) is 4. The molecule has 1 atom stereocenters. The van der Waals surface area contributed by atoms with E-state index in [0.717, 1.165) is 42.5 Å². The number of carbonyl (C=O) groups excluding carboxylic acids is 1. The van der Waals surface area contributed by atoms with Crippen molar-refractivity contribution in [3.8, 4) is 0 Å². The number of hydrogen-bond acceptors (Lipinski definition) is 4. The zero-order chi connectivity index (χ0) is 22.4. The fourth-order valence-electron chi connectivity index (χ4n) is 6.48. The van der Waals surface area contributed by atoms with Gasteiger partial charge in [0.25, 0.3) is 0 Å². The molecule has 1 amide bonds. The molecule has 1 aliphatic carbocycles. The van der Waals surface area contributed by atoms with Gasteiger partial charge in [-0.1, -0.05) is 25.3 Å². The summed E-state index contributed by atoms with van der Waals surface area (Å²) in [5.74, 6) is 0.307. The first-order valence-corrected chi connectivity index (χ1v) is 12.8. The van der Waals surface area contributed by atoms with Gasteiger partial charge in [-0.15, -0.1) is 0 Å². The minimum atomic E-state index is 0.307. The van der Waals surface area contributed by atoms with Gasteiger partial charge in [0.1, 0.15) is 0 Å². The number of aryl methyl sites for hydroxylation is 1. The topological polar surface area (TPSA) is 48.8 Å². The number of aromatic nitrogens is 1. The maximum atomic E-state index is 13.2. The SMILES string of the molecule is Cc1cc(C2=NCc3cc4c(cc32)CN([C@@H]2CCCN(C3CCCCC3)C2)C(=O)C4)ccn1. The van der Waals surface area contributed by atoms with Gasteiger partial charge in [-0.3, -0.25) is 19.7 Å². The van der Waals surface area contributed by atoms with E-state index >= 15 is 0 Å². The summed E-state index contributed by atoms with van der Waals surface area (Å²) in [5.41, 5.74) is 8.23. The van der Waals surface area contributed by atoms with Crippen LogP contribution < -0.4 is 0 Å². The highest BCUT2D eigenvalue weighted by Gasteiger charge is 2.35. The number of benzene rings is 1. The lowest BCUT2D eigenvalue weighted by Crippen LogP contribution is -2.54. The lowest BCUT2D eigenvalue weighted by molar-refractivity contribution is -0.136. The molecular weight excluding hydrogens is 408 g/mol. The van der Waals surface area contributed by atoms with Crippen LogP contribution in [0.1, 0.15) is 78.5 Å². The quantitative estimate of drug-likeness (QED) is 0.707. The van der Waals surface area contributed by atoms with Crippen molar-refractivity contribution in [2.45, 2.75) is 83.5 Å². The van der Waals surface area contributed by atoms with Crippen LogP contribution in [0.3, 0.4) is 0 Å². The van der Waals surface area contributed by atoms with E-state index in [9.17, 15) is 4.79 Å². The molecule has 2 aromatic rings. The van der Waals surface area contributed by atoms with Gasteiger partial charge in [0.15, 0.2) is 0 Å². The van der Waals surface area contributed by atoms with Crippen molar-refractivity contribution in [3.63, 3.8) is 0 Å². The van der Waals surface area contributed by atoms with Crippen LogP contribution in [-0.2, 0) is 24.3 Å². The number of amides is 1. The fraction of sp³-hybridized carbons (Fsp3) is 0.536. The first-order chi connectivity index (χ1) is 16.2. The third kappa shape index (κ3) is 4.01. The largest absolute Gasteiger partial charge is 0.334 e. The smallest absolute Gasteiger partial charge is 0.227 e. The number of rotatable bonds is 3. The molecule has 33 heavy (non-hydrogen) atoms. The van der Waals surface area contributed by atoms with Crippen LogP contribution in [0, 0.1) is 6.92 Å². The third-order valence-electron chi connectivity index (χ3n) is 8.22. The van der Waals surface area contributed by atoms with E-state index in [0.29, 0.717) is 24.9 Å². The summed E-state index contributed by atoms with van der Waals surface area (Å²) < 4.78 is 0. The minimum absolute atomic E-state index is 0.307. The number of carbonyl (C=O) groups is 1. The molecular formula is C28H34N4O. The Morgan fingerprint density at radius 1 is 0.939 bits per heavy atom. The molecule has 4 heterocycles. The number of pyridine rings is 1. The van der Waals surface area contributed by atoms with Crippen LogP contribution in [-0.4, -0.2) is 51.6 Å². The van der Waals surface area contributed by atoms with Crippen molar-refractivity contribution in [2.24, 2.45) is 4.99 Å². The summed E-state index contributed by atoms with van der Waals surface area (Å²) in [7, 11) is 0. The number of aliphatic imine (C=N–C) groups is 1. The zero-order valence-electron chi connectivity index (χ0n) is 19.7. The fourth-order valence-corrected chi connectivity index (χ4v) is 6.48. The predicted molar refractivity (Wildman–Crippen MR) is 130 cm³/mol. The summed E-state index contributed by atoms with van der Waals surface area (Å²) in [6, 6.07) is 9.83. The first-order valence-electron chi connectivity index (χ1n) is 12.8. The lowest BCUT2D eigenvalue weighted by Gasteiger charge is -2.44. The van der Waals surface area contributed by atoms with Crippen LogP contribution in [0.5, 0.6) is 0 Å². The highest BCUT2D eigenvalue weighted by Crippen LogP contribution is 2.33. The van der Waals surface area contributed by atoms with Crippen molar-refractivity contribution in [2.75, 3.05) is 13.1 Å². The van der Waals surface area contributed by atoms with Gasteiger partial charge < -0.3 is 4.90 Å². The van der Waals surface area contributed by atoms with E-state index in [-0.39, 0.29) is 0 Å². The van der Waals surface area contributed by atoms with Crippen LogP contribution in [0.25, 0.3) is 0 Å². The molecule has 1 saturated carbocycles. The second-order valence-electron chi connectivity index (χ2n) is 10.4. The Bertz CT molecular complexity index is 1100. The number of fused-ring (bicyclic) bond motifs is 2. The highest BCUT2D eigenvalue weighted by atomic mass is 16.2. The number of hydrogen-bond donors (Lipinski definition) is 0. The van der Waals surface area contributed by atoms with E-state index in [1.54, 1.807) is 0 Å². The molecule has 1 saturated heterocycles. The second-order valence-corrected chi connectivity index (χ2v) is 10.4. The highest BCUT2D eigenvalue weighted by molar-refractivity contribution is 6.15. The standard InChI is InChI=1S/C28H34N4O/c1-19-12-20(9-10-29-19)28-26-14-23-17-32(27(33)15-21(23)13-22(26)16-30-28)25-8-5-11-31(18-25)24-6-3-2-4-7-24/h9-10,12-14,24-25H,2-8,11,15-18H2,1H3/t25-/m1/s1. The Balaban J connectivity index is 1.24. The maximum absolute atomic E-state index is 13.2. The van der Waals surface area contributed by atoms with Gasteiger partial charge in [0.2, 0.25) is 5.91 Å². The molecule has 0 N–H and O–H groups in total. The van der Waals surface area contributed by atoms with E-state index in [1.165, 1.54) is 67.3 Å². The molecule has 5 nitrogen and oxygen atoms in total. The summed E-state index contributed by atoms with van der Waals surface area (Å²) in [5, 5.41) is 0. The van der Waals surface area contributed by atoms with Crippen molar-refractivity contribution in [1.82, 2.24) is 14.8 Å². The molecule has 172 valence electrons. The Labute approximate surface area is 196 Å². The Morgan fingerprint density at radius 2 is 1.79 bits per heavy atom. The second kappa shape index (κ2) is 8.68. The van der Waals surface area contributed by atoms with E-state index in [1.807, 2.05) is 13.1 Å². The normalized spacial score (nSPS) is 23.9. The number of piperidine rings is 1. The zero-order valence-corrected chi connectivity index (χ0v) is 19.7. The maximum Gasteiger partial charge on any atom is 0.227 e. The average Bonchev–Trinajstić information content (AvgIpc) is 3.25. The van der Waals surface area contributed by atoms with Crippen molar-refractivity contribution in [3.05, 3.63) is 64.0 Å². The third-order valence-corrected chi connectivity index (χ3v) is 8.22. The van der Waals surface area contributed by atoms with Gasteiger partial charge in [-0.05, 0) is 74.0 Å². The molecule has 0 radical (unpaired) electrons. The molecule has 1 aromatic heterocycles. The van der Waals surface area contributed by atoms with Gasteiger partial charge in [0, 0.05) is 48.2 Å². The average molecular weight is 443 g/mol. The lowest BCUT2D eigenvalue weighted by atomic mass is 9.89. The van der Waals surface area contributed by atoms with Crippen LogP contribution in [0.4, 0.5) is 0 Å². The van der Waals surface area contributed by atoms with Crippen molar-refractivity contribution < 1.29 is 4.79 Å². The van der Waals surface area contributed by atoms with E-state index in [2.05, 4.69) is 39.0 Å². The minimum Gasteiger partial charge on any atom is -0.334 e. The number of likely N-dealkylation sites (tertiary alicyclic amines) is 1. The predicted octanol–water partition coefficient (Wildman–Crippen LogP) is 4.42. The molecule has 0 spiro atoms. The summed E-state index contributed by atoms with van der Waals surface area (Å²) in [6.07, 6.45) is 11.6. The Hall–Kier alpha value is -2.53. The molecule has 0 bridgehead atoms. The van der Waals surface area contributed by atoms with Gasteiger partial charge in [-0.2, -0.15) is 0 Å². The molecule has 4 aliphatic rings. The summed E-state index contributed by atoms with van der Waals surface area (Å²) in [6.45, 7) is 5.73.